The second kappa shape index (κ2) is 35.1. The number of hydrogen-bond acceptors (Lipinski definition) is 19. The number of phosphoric ester groups is 1. The number of hydrogen-bond donors (Lipinski definition) is 0. The second-order valence-corrected chi connectivity index (χ2v) is 34.8. The summed E-state index contributed by atoms with van der Waals surface area (Å²) in [6, 6.07) is 53.1. The Morgan fingerprint density at radius 2 is 0.627 bits per heavy atom. The molecule has 6 aromatic heterocycles. The molecule has 23 heteroatoms. The van der Waals surface area contributed by atoms with Gasteiger partial charge in [-0.1, -0.05) is 59.7 Å². The zero-order chi connectivity index (χ0) is 75.8. The molecular formula is C87H102N9O10PS3. The molecule has 0 N–H and O–H groups in total. The largest absolute Gasteiger partial charge is 0.494 e. The van der Waals surface area contributed by atoms with Crippen molar-refractivity contribution in [2.24, 2.45) is 17.8 Å². The molecule has 12 aromatic rings. The van der Waals surface area contributed by atoms with Crippen LogP contribution in [-0.4, -0.2) is 146 Å². The van der Waals surface area contributed by atoms with Crippen molar-refractivity contribution in [2.75, 3.05) is 133 Å². The minimum Gasteiger partial charge on any atom is -0.494 e. The minimum atomic E-state index is -5.16. The monoisotopic (exact) mass is 1560 g/mol. The summed E-state index contributed by atoms with van der Waals surface area (Å²) < 4.78 is 66.0. The van der Waals surface area contributed by atoms with Crippen molar-refractivity contribution in [2.45, 2.75) is 98.8 Å². The minimum absolute atomic E-state index is 0.425. The predicted molar refractivity (Wildman–Crippen MR) is 453 cm³/mol. The summed E-state index contributed by atoms with van der Waals surface area (Å²) in [5.74, 6) is 0.0402. The average molecular weight is 1560 g/mol. The van der Waals surface area contributed by atoms with Crippen LogP contribution in [0.15, 0.2) is 194 Å². The number of thiophene rings is 3. The van der Waals surface area contributed by atoms with Crippen LogP contribution in [0, 0.1) is 17.8 Å². The van der Waals surface area contributed by atoms with Gasteiger partial charge in [0.1, 0.15) is 17.2 Å². The van der Waals surface area contributed by atoms with Crippen LogP contribution in [-0.2, 0) is 18.1 Å². The van der Waals surface area contributed by atoms with Gasteiger partial charge in [-0.05, 0) is 217 Å². The molecule has 3 aliphatic rings. The number of piperazine rings is 3. The Bertz CT molecular complexity index is 4860. The van der Waals surface area contributed by atoms with Gasteiger partial charge in [-0.25, -0.2) is 4.57 Å². The summed E-state index contributed by atoms with van der Waals surface area (Å²) in [6.45, 7) is 27.3. The molecule has 110 heavy (non-hydrogen) atoms. The molecule has 3 unspecified atom stereocenters. The average Bonchev–Trinajstić information content (AvgIpc) is 1.04. The lowest BCUT2D eigenvalue weighted by molar-refractivity contribution is -0.0522. The van der Waals surface area contributed by atoms with E-state index in [1.54, 1.807) is 52.2 Å². The maximum Gasteiger partial charge on any atom is 0.480 e. The van der Waals surface area contributed by atoms with E-state index in [2.05, 4.69) is 118 Å². The first-order valence-corrected chi connectivity index (χ1v) is 43.5. The van der Waals surface area contributed by atoms with Crippen LogP contribution in [0.1, 0.15) is 98.8 Å². The first kappa shape index (κ1) is 77.0. The molecule has 0 radical (unpaired) electrons. The van der Waals surface area contributed by atoms with E-state index >= 15 is 4.57 Å². The maximum atomic E-state index is 17.0. The number of benzene rings is 6. The number of aromatic nitrogens is 3. The molecule has 0 saturated carbocycles. The number of nitrogens with zero attached hydrogens (tertiary/aromatic N) is 9. The summed E-state index contributed by atoms with van der Waals surface area (Å²) in [5.41, 5.74) is 4.11. The number of anilines is 3. The maximum absolute atomic E-state index is 17.0. The van der Waals surface area contributed by atoms with Crippen LogP contribution in [0.3, 0.4) is 0 Å². The van der Waals surface area contributed by atoms with Crippen LogP contribution in [0.2, 0.25) is 0 Å². The number of pyridine rings is 3. The van der Waals surface area contributed by atoms with Crippen LogP contribution < -0.4 is 45.6 Å². The van der Waals surface area contributed by atoms with Gasteiger partial charge >= 0.3 is 7.82 Å². The third-order valence-electron chi connectivity index (χ3n) is 21.9. The van der Waals surface area contributed by atoms with Crippen molar-refractivity contribution >= 4 is 122 Å². The van der Waals surface area contributed by atoms with Crippen molar-refractivity contribution in [1.29, 1.82) is 0 Å². The van der Waals surface area contributed by atoms with Gasteiger partial charge < -0.3 is 28.9 Å². The Hall–Kier alpha value is -8.38. The van der Waals surface area contributed by atoms with Gasteiger partial charge in [0.2, 0.25) is 0 Å². The molecule has 6 aromatic carbocycles. The van der Waals surface area contributed by atoms with Gasteiger partial charge in [-0.2, -0.15) is 0 Å². The van der Waals surface area contributed by atoms with Crippen molar-refractivity contribution in [3.63, 3.8) is 0 Å². The second-order valence-electron chi connectivity index (χ2n) is 30.4. The Kier molecular flexibility index (Phi) is 24.6. The van der Waals surface area contributed by atoms with E-state index < -0.39 is 60.9 Å². The van der Waals surface area contributed by atoms with E-state index in [1.165, 1.54) is 79.2 Å². The fourth-order valence-electron chi connectivity index (χ4n) is 15.9. The standard InChI is InChI=1S/C87H102N9O10PS3/c1-61(2)85(94-76-58-67(28-22-64(76)25-31-82(94)97)101-52-10-7-37-88-40-46-91(47-41-88)73-16-13-19-79-70(73)34-55-108-79)104-107(100,105-86(62(3)4)95-77-59-68(29-23-65(77)26-32-83(95)98)102-53-11-8-38-89-42-48-92(49-43-89)74-17-14-20-80-71(74)35-56-109-80)106-87(63(5)6)96-78-60-69(30-24-66(78)27-33-84(96)99)103-54-12-9-39-90-44-50-93(51-45-90)75-18-15-21-81-72(75)36-57-110-81/h13-36,55-63,85-87H,7-12,37-54H2,1-6H3. The molecule has 9 heterocycles. The lowest BCUT2D eigenvalue weighted by atomic mass is 10.1. The molecule has 15 rings (SSSR count). The molecule has 19 nitrogen and oxygen atoms in total. The molecule has 0 spiro atoms. The smallest absolute Gasteiger partial charge is 0.480 e. The highest BCUT2D eigenvalue weighted by atomic mass is 32.1. The van der Waals surface area contributed by atoms with Gasteiger partial charge in [-0.3, -0.25) is 56.4 Å². The van der Waals surface area contributed by atoms with Gasteiger partial charge in [0.25, 0.3) is 16.7 Å². The van der Waals surface area contributed by atoms with E-state index in [0.717, 1.165) is 137 Å². The predicted octanol–water partition coefficient (Wildman–Crippen LogP) is 18.2. The zero-order valence-electron chi connectivity index (χ0n) is 64.0. The van der Waals surface area contributed by atoms with Crippen molar-refractivity contribution in [1.82, 2.24) is 28.4 Å². The molecule has 3 fully saturated rings. The fourth-order valence-corrected chi connectivity index (χ4v) is 20.3. The highest BCUT2D eigenvalue weighted by Gasteiger charge is 2.43. The van der Waals surface area contributed by atoms with E-state index in [0.29, 0.717) is 69.8 Å². The van der Waals surface area contributed by atoms with Gasteiger partial charge in [0.05, 0.1) is 36.4 Å². The van der Waals surface area contributed by atoms with Gasteiger partial charge in [0, 0.05) is 162 Å². The first-order chi connectivity index (χ1) is 53.6. The summed E-state index contributed by atoms with van der Waals surface area (Å²) >= 11 is 5.35. The molecule has 3 atom stereocenters. The molecule has 3 aliphatic heterocycles. The molecule has 3 saturated heterocycles. The Morgan fingerprint density at radius 3 is 0.909 bits per heavy atom. The molecule has 0 bridgehead atoms. The number of unbranched alkanes of at least 4 members (excludes halogenated alkanes) is 3. The number of rotatable bonds is 33. The normalized spacial score (nSPS) is 16.6. The Labute approximate surface area is 655 Å². The Balaban J connectivity index is 0.664. The van der Waals surface area contributed by atoms with E-state index in [-0.39, 0.29) is 0 Å². The molecular weight excluding hydrogens is 1460 g/mol. The van der Waals surface area contributed by atoms with Gasteiger partial charge in [-0.15, -0.1) is 34.0 Å². The number of phosphoric acid groups is 1. The summed E-state index contributed by atoms with van der Waals surface area (Å²) in [4.78, 5) is 59.5. The zero-order valence-corrected chi connectivity index (χ0v) is 67.4. The quantitative estimate of drug-likeness (QED) is 0.0282. The number of ether oxygens (including phenoxy) is 3. The molecule has 0 amide bonds. The first-order valence-electron chi connectivity index (χ1n) is 39.4. The van der Waals surface area contributed by atoms with Crippen molar-refractivity contribution in [3.8, 4) is 17.2 Å². The highest BCUT2D eigenvalue weighted by Crippen LogP contribution is 2.60. The van der Waals surface area contributed by atoms with E-state index in [9.17, 15) is 14.4 Å². The number of fused-ring (bicyclic) bond motifs is 6. The lowest BCUT2D eigenvalue weighted by Crippen LogP contribution is -2.46. The van der Waals surface area contributed by atoms with E-state index in [4.69, 9.17) is 27.8 Å². The third kappa shape index (κ3) is 17.6. The third-order valence-corrected chi connectivity index (χ3v) is 25.9. The van der Waals surface area contributed by atoms with Crippen molar-refractivity contribution < 1.29 is 32.3 Å². The van der Waals surface area contributed by atoms with Crippen LogP contribution in [0.4, 0.5) is 17.1 Å². The van der Waals surface area contributed by atoms with Crippen LogP contribution in [0.25, 0.3) is 63.0 Å². The summed E-state index contributed by atoms with van der Waals surface area (Å²) in [6.07, 6.45) is 1.43. The SMILES string of the molecule is CC(C)C(OP(=O)(OC(C(C)C)n1c(=O)ccc2ccc(OCCCCN3CCN(c4cccc5sccc45)CC3)cc21)OC(C(C)C)n1c(=O)ccc2ccc(OCCCCN3CCN(c4cccc5sccc45)CC3)cc21)n1c(=O)ccc2ccc(OCCCCN3CCN(c4cccc5sccc45)CC3)cc21. The van der Waals surface area contributed by atoms with Crippen LogP contribution >= 0.6 is 41.8 Å². The fraction of sp³-hybridized carbons (Fsp3) is 0.414. The Morgan fingerprint density at radius 1 is 0.345 bits per heavy atom. The summed E-state index contributed by atoms with van der Waals surface area (Å²) in [5, 5.41) is 12.6. The van der Waals surface area contributed by atoms with E-state index in [1.807, 2.05) is 96.1 Å². The molecule has 0 aliphatic carbocycles. The van der Waals surface area contributed by atoms with Gasteiger partial charge in [0.15, 0.2) is 18.7 Å². The van der Waals surface area contributed by atoms with Crippen molar-refractivity contribution in [3.05, 3.63) is 211 Å². The topological polar surface area (TPSA) is 158 Å². The highest BCUT2D eigenvalue weighted by molar-refractivity contribution is 7.48. The molecule has 578 valence electrons. The summed E-state index contributed by atoms with van der Waals surface area (Å²) in [7, 11) is -5.16. The van der Waals surface area contributed by atoms with Crippen LogP contribution in [0.5, 0.6) is 17.2 Å². The lowest BCUT2D eigenvalue weighted by Gasteiger charge is -2.36.